The summed E-state index contributed by atoms with van der Waals surface area (Å²) in [6, 6.07) is 19.3. The zero-order valence-corrected chi connectivity index (χ0v) is 20.9. The molecule has 1 aromatic heterocycles. The number of nitrogens with one attached hydrogen (secondary N) is 1. The van der Waals surface area contributed by atoms with Crippen LogP contribution in [0.3, 0.4) is 0 Å². The SMILES string of the molecule is O=C(O)/C=C/c1ccc(/C=C(\CCc2ccc3[nH]ncc3c2F)c2cccc(OC3CCOCC3)c2)cc1. The van der Waals surface area contributed by atoms with Crippen molar-refractivity contribution < 1.29 is 23.8 Å². The normalized spacial score (nSPS) is 14.8. The summed E-state index contributed by atoms with van der Waals surface area (Å²) in [5.74, 6) is -0.429. The van der Waals surface area contributed by atoms with Crippen molar-refractivity contribution in [1.29, 1.82) is 0 Å². The molecule has 1 fully saturated rings. The van der Waals surface area contributed by atoms with Crippen molar-refractivity contribution in [1.82, 2.24) is 10.2 Å². The van der Waals surface area contributed by atoms with Gasteiger partial charge in [0.25, 0.3) is 0 Å². The van der Waals surface area contributed by atoms with Gasteiger partial charge in [0.1, 0.15) is 17.7 Å². The van der Waals surface area contributed by atoms with Gasteiger partial charge in [0.05, 0.1) is 30.3 Å². The first kappa shape index (κ1) is 25.4. The third-order valence-electron chi connectivity index (χ3n) is 6.67. The summed E-state index contributed by atoms with van der Waals surface area (Å²) in [6.45, 7) is 1.42. The predicted octanol–water partition coefficient (Wildman–Crippen LogP) is 6.53. The highest BCUT2D eigenvalue weighted by atomic mass is 19.1. The number of aliphatic carboxylic acids is 1. The number of rotatable bonds is 9. The molecule has 0 radical (unpaired) electrons. The van der Waals surface area contributed by atoms with Crippen molar-refractivity contribution >= 4 is 34.6 Å². The van der Waals surface area contributed by atoms with Gasteiger partial charge in [0, 0.05) is 18.9 Å². The maximum atomic E-state index is 15.1. The van der Waals surface area contributed by atoms with Crippen LogP contribution in [0.2, 0.25) is 0 Å². The Kier molecular flexibility index (Phi) is 7.95. The number of allylic oxidation sites excluding steroid dienone is 1. The van der Waals surface area contributed by atoms with Crippen LogP contribution in [0.1, 0.15) is 41.5 Å². The Hall–Kier alpha value is -4.23. The average Bonchev–Trinajstić information content (AvgIpc) is 3.42. The van der Waals surface area contributed by atoms with Gasteiger partial charge in [0.2, 0.25) is 0 Å². The quantitative estimate of drug-likeness (QED) is 0.197. The highest BCUT2D eigenvalue weighted by Gasteiger charge is 2.16. The second-order valence-electron chi connectivity index (χ2n) is 9.34. The fraction of sp³-hybridized carbons (Fsp3) is 0.226. The molecule has 0 aliphatic carbocycles. The fourth-order valence-electron chi connectivity index (χ4n) is 4.62. The third-order valence-corrected chi connectivity index (χ3v) is 6.67. The lowest BCUT2D eigenvalue weighted by Crippen LogP contribution is -2.25. The first-order valence-corrected chi connectivity index (χ1v) is 12.7. The fourth-order valence-corrected chi connectivity index (χ4v) is 4.62. The molecule has 0 spiro atoms. The van der Waals surface area contributed by atoms with E-state index in [1.165, 1.54) is 6.20 Å². The van der Waals surface area contributed by atoms with E-state index in [-0.39, 0.29) is 11.9 Å². The Bertz CT molecular complexity index is 1470. The van der Waals surface area contributed by atoms with Crippen LogP contribution in [0.4, 0.5) is 4.39 Å². The number of H-pyrrole nitrogens is 1. The van der Waals surface area contributed by atoms with Crippen molar-refractivity contribution in [2.75, 3.05) is 13.2 Å². The van der Waals surface area contributed by atoms with E-state index in [0.29, 0.717) is 42.5 Å². The number of aromatic nitrogens is 2. The smallest absolute Gasteiger partial charge is 0.328 e. The molecule has 0 bridgehead atoms. The van der Waals surface area contributed by atoms with Gasteiger partial charge >= 0.3 is 5.97 Å². The van der Waals surface area contributed by atoms with Crippen LogP contribution >= 0.6 is 0 Å². The molecule has 4 aromatic rings. The summed E-state index contributed by atoms with van der Waals surface area (Å²) in [4.78, 5) is 10.8. The molecule has 1 aliphatic rings. The molecule has 38 heavy (non-hydrogen) atoms. The summed E-state index contributed by atoms with van der Waals surface area (Å²) in [6.07, 6.45) is 9.28. The molecule has 0 amide bonds. The van der Waals surface area contributed by atoms with Crippen molar-refractivity contribution in [3.05, 3.63) is 101 Å². The number of carboxylic acids is 1. The molecule has 2 heterocycles. The number of benzene rings is 3. The van der Waals surface area contributed by atoms with Crippen molar-refractivity contribution in [3.63, 3.8) is 0 Å². The zero-order valence-electron chi connectivity index (χ0n) is 20.9. The Balaban J connectivity index is 1.42. The van der Waals surface area contributed by atoms with Crippen molar-refractivity contribution in [2.24, 2.45) is 0 Å². The van der Waals surface area contributed by atoms with E-state index >= 15 is 4.39 Å². The minimum absolute atomic E-state index is 0.133. The van der Waals surface area contributed by atoms with E-state index in [1.54, 1.807) is 6.08 Å². The molecule has 3 aromatic carbocycles. The third kappa shape index (κ3) is 6.36. The molecule has 1 saturated heterocycles. The van der Waals surface area contributed by atoms with E-state index in [9.17, 15) is 4.79 Å². The van der Waals surface area contributed by atoms with Gasteiger partial charge in [-0.3, -0.25) is 5.10 Å². The van der Waals surface area contributed by atoms with E-state index in [1.807, 2.05) is 60.7 Å². The van der Waals surface area contributed by atoms with Crippen LogP contribution < -0.4 is 4.74 Å². The number of ether oxygens (including phenoxy) is 2. The number of fused-ring (bicyclic) bond motifs is 1. The Morgan fingerprint density at radius 2 is 1.89 bits per heavy atom. The summed E-state index contributed by atoms with van der Waals surface area (Å²) in [5.41, 5.74) is 5.13. The second-order valence-corrected chi connectivity index (χ2v) is 9.34. The van der Waals surface area contributed by atoms with Gasteiger partial charge in [-0.15, -0.1) is 0 Å². The van der Waals surface area contributed by atoms with Crippen LogP contribution in [0.25, 0.3) is 28.6 Å². The van der Waals surface area contributed by atoms with Gasteiger partial charge in [-0.25, -0.2) is 9.18 Å². The van der Waals surface area contributed by atoms with Crippen molar-refractivity contribution in [2.45, 2.75) is 31.8 Å². The highest BCUT2D eigenvalue weighted by molar-refractivity contribution is 5.86. The maximum Gasteiger partial charge on any atom is 0.328 e. The number of carboxylic acid groups (broad SMARTS) is 1. The molecule has 0 saturated carbocycles. The van der Waals surface area contributed by atoms with Crippen molar-refractivity contribution in [3.8, 4) is 5.75 Å². The number of nitrogens with zero attached hydrogens (tertiary/aromatic N) is 1. The molecule has 7 heteroatoms. The molecule has 1 aliphatic heterocycles. The largest absolute Gasteiger partial charge is 0.490 e. The number of aromatic amines is 1. The molecule has 5 rings (SSSR count). The standard InChI is InChI=1S/C31H29FN2O4/c32-31-23(11-12-29-28(31)20-33-34-29)9-10-25(18-22-6-4-21(5-7-22)8-13-30(35)36)24-2-1-3-27(19-24)38-26-14-16-37-17-15-26/h1-8,11-13,18-20,26H,9-10,14-17H2,(H,33,34)(H,35,36)/b13-8+,25-18+. The lowest BCUT2D eigenvalue weighted by atomic mass is 9.95. The van der Waals surface area contributed by atoms with E-state index in [0.717, 1.165) is 46.9 Å². The average molecular weight is 513 g/mol. The molecule has 0 atom stereocenters. The van der Waals surface area contributed by atoms with Gasteiger partial charge in [-0.1, -0.05) is 48.5 Å². The van der Waals surface area contributed by atoms with Gasteiger partial charge in [-0.05, 0) is 64.9 Å². The van der Waals surface area contributed by atoms with E-state index in [2.05, 4.69) is 16.3 Å². The van der Waals surface area contributed by atoms with E-state index < -0.39 is 5.97 Å². The predicted molar refractivity (Wildman–Crippen MR) is 146 cm³/mol. The van der Waals surface area contributed by atoms with Gasteiger partial charge < -0.3 is 14.6 Å². The summed E-state index contributed by atoms with van der Waals surface area (Å²) >= 11 is 0. The van der Waals surface area contributed by atoms with Crippen LogP contribution in [0, 0.1) is 5.82 Å². The molecule has 2 N–H and O–H groups in total. The van der Waals surface area contributed by atoms with Crippen LogP contribution in [-0.4, -0.2) is 40.6 Å². The summed E-state index contributed by atoms with van der Waals surface area (Å²) in [5, 5.41) is 16.1. The minimum Gasteiger partial charge on any atom is -0.490 e. The minimum atomic E-state index is -0.986. The molecular weight excluding hydrogens is 483 g/mol. The number of halogens is 1. The summed E-state index contributed by atoms with van der Waals surface area (Å²) in [7, 11) is 0. The Labute approximate surface area is 220 Å². The van der Waals surface area contributed by atoms with Crippen LogP contribution in [0.5, 0.6) is 5.75 Å². The lowest BCUT2D eigenvalue weighted by Gasteiger charge is -2.23. The Morgan fingerprint density at radius 3 is 2.68 bits per heavy atom. The zero-order chi connectivity index (χ0) is 26.3. The van der Waals surface area contributed by atoms with Gasteiger partial charge in [0.15, 0.2) is 0 Å². The number of hydrogen-bond donors (Lipinski definition) is 2. The van der Waals surface area contributed by atoms with E-state index in [4.69, 9.17) is 14.6 Å². The highest BCUT2D eigenvalue weighted by Crippen LogP contribution is 2.29. The second kappa shape index (κ2) is 11.9. The molecule has 6 nitrogen and oxygen atoms in total. The van der Waals surface area contributed by atoms with Gasteiger partial charge in [-0.2, -0.15) is 5.10 Å². The number of hydrogen-bond acceptors (Lipinski definition) is 4. The summed E-state index contributed by atoms with van der Waals surface area (Å²) < 4.78 is 26.8. The Morgan fingerprint density at radius 1 is 1.11 bits per heavy atom. The molecule has 0 unspecified atom stereocenters. The molecule has 194 valence electrons. The lowest BCUT2D eigenvalue weighted by molar-refractivity contribution is -0.131. The number of aryl methyl sites for hydroxylation is 1. The first-order chi connectivity index (χ1) is 18.5. The number of carbonyl (C=O) groups is 1. The first-order valence-electron chi connectivity index (χ1n) is 12.7. The topological polar surface area (TPSA) is 84.4 Å². The van der Waals surface area contributed by atoms with Crippen LogP contribution in [0.15, 0.2) is 72.9 Å². The molecular formula is C31H29FN2O4. The van der Waals surface area contributed by atoms with Crippen LogP contribution in [-0.2, 0) is 16.0 Å². The maximum absolute atomic E-state index is 15.1. The monoisotopic (exact) mass is 512 g/mol.